The normalized spacial score (nSPS) is 24.2. The Labute approximate surface area is 130 Å². The third-order valence-corrected chi connectivity index (χ3v) is 5.12. The summed E-state index contributed by atoms with van der Waals surface area (Å²) >= 11 is 0. The van der Waals surface area contributed by atoms with Gasteiger partial charge >= 0.3 is 0 Å². The molecule has 2 heterocycles. The molecule has 1 N–H and O–H groups in total. The number of nitrogens with one attached hydrogen (secondary N) is 1. The summed E-state index contributed by atoms with van der Waals surface area (Å²) in [5.41, 5.74) is 2.99. The number of ketones is 1. The number of piperidine rings is 1. The van der Waals surface area contributed by atoms with Gasteiger partial charge < -0.3 is 10.2 Å². The number of rotatable bonds is 3. The molecule has 1 saturated carbocycles. The number of amides is 1. The maximum atomic E-state index is 12.6. The summed E-state index contributed by atoms with van der Waals surface area (Å²) in [5, 5.41) is 3.31. The van der Waals surface area contributed by atoms with Gasteiger partial charge in [-0.05, 0) is 62.4 Å². The van der Waals surface area contributed by atoms with Crippen LogP contribution < -0.4 is 10.2 Å². The minimum Gasteiger partial charge on any atom is -0.316 e. The first-order valence-electron chi connectivity index (χ1n) is 8.43. The van der Waals surface area contributed by atoms with Crippen LogP contribution in [0.15, 0.2) is 18.2 Å². The highest BCUT2D eigenvalue weighted by molar-refractivity contribution is 6.01. The maximum Gasteiger partial charge on any atom is 0.230 e. The largest absolute Gasteiger partial charge is 0.316 e. The molecule has 4 heteroatoms. The molecule has 2 fully saturated rings. The van der Waals surface area contributed by atoms with Gasteiger partial charge in [0.25, 0.3) is 0 Å². The Balaban J connectivity index is 1.54. The van der Waals surface area contributed by atoms with Crippen LogP contribution in [0.25, 0.3) is 0 Å². The van der Waals surface area contributed by atoms with Crippen LogP contribution in [0.1, 0.15) is 41.6 Å². The number of anilines is 1. The van der Waals surface area contributed by atoms with Gasteiger partial charge in [0.2, 0.25) is 5.91 Å². The van der Waals surface area contributed by atoms with Crippen molar-refractivity contribution in [1.82, 2.24) is 5.32 Å². The van der Waals surface area contributed by atoms with E-state index in [1.165, 1.54) is 0 Å². The smallest absolute Gasteiger partial charge is 0.230 e. The highest BCUT2D eigenvalue weighted by atomic mass is 16.2. The van der Waals surface area contributed by atoms with Gasteiger partial charge in [0.05, 0.1) is 0 Å². The molecule has 116 valence electrons. The number of carbonyl (C=O) groups is 2. The lowest BCUT2D eigenvalue weighted by atomic mass is 9.90. The molecule has 4 nitrogen and oxygen atoms in total. The summed E-state index contributed by atoms with van der Waals surface area (Å²) in [6, 6.07) is 5.91. The van der Waals surface area contributed by atoms with Crippen LogP contribution in [0.2, 0.25) is 0 Å². The van der Waals surface area contributed by atoms with E-state index in [0.717, 1.165) is 68.6 Å². The van der Waals surface area contributed by atoms with Crippen LogP contribution in [0.3, 0.4) is 0 Å². The molecule has 1 amide bonds. The molecule has 0 radical (unpaired) electrons. The Morgan fingerprint density at radius 1 is 1.14 bits per heavy atom. The maximum absolute atomic E-state index is 12.6. The van der Waals surface area contributed by atoms with Crippen molar-refractivity contribution in [3.8, 4) is 0 Å². The number of carbonyl (C=O) groups excluding carboxylic acids is 2. The first-order chi connectivity index (χ1) is 10.7. The topological polar surface area (TPSA) is 49.4 Å². The Bertz CT molecular complexity index is 616. The quantitative estimate of drug-likeness (QED) is 0.870. The van der Waals surface area contributed by atoms with Crippen LogP contribution in [0, 0.1) is 11.8 Å². The molecule has 0 aromatic heterocycles. The van der Waals surface area contributed by atoms with E-state index in [2.05, 4.69) is 5.32 Å². The van der Waals surface area contributed by atoms with Crippen molar-refractivity contribution in [3.05, 3.63) is 29.3 Å². The van der Waals surface area contributed by atoms with Crippen molar-refractivity contribution in [2.24, 2.45) is 11.8 Å². The summed E-state index contributed by atoms with van der Waals surface area (Å²) in [6.07, 6.45) is 5.00. The van der Waals surface area contributed by atoms with Gasteiger partial charge in [0.15, 0.2) is 5.78 Å². The van der Waals surface area contributed by atoms with Crippen LogP contribution >= 0.6 is 0 Å². The van der Waals surface area contributed by atoms with E-state index >= 15 is 0 Å². The van der Waals surface area contributed by atoms with Crippen LogP contribution in [0.5, 0.6) is 0 Å². The lowest BCUT2D eigenvalue weighted by Gasteiger charge is -2.22. The molecule has 1 atom stereocenters. The summed E-state index contributed by atoms with van der Waals surface area (Å²) in [7, 11) is 0. The molecular weight excluding hydrogens is 276 g/mol. The average molecular weight is 298 g/mol. The molecular formula is C18H22N2O2. The average Bonchev–Trinajstić information content (AvgIpc) is 3.33. The molecule has 0 bridgehead atoms. The lowest BCUT2D eigenvalue weighted by Crippen LogP contribution is -2.34. The molecule has 2 aliphatic heterocycles. The molecule has 0 spiro atoms. The summed E-state index contributed by atoms with van der Waals surface area (Å²) in [6.45, 7) is 2.59. The minimum absolute atomic E-state index is 0.109. The fourth-order valence-electron chi connectivity index (χ4n) is 3.65. The highest BCUT2D eigenvalue weighted by Gasteiger charge is 2.36. The van der Waals surface area contributed by atoms with Crippen molar-refractivity contribution in [1.29, 1.82) is 0 Å². The van der Waals surface area contributed by atoms with Crippen molar-refractivity contribution in [2.45, 2.75) is 32.1 Å². The number of hydrogen-bond acceptors (Lipinski definition) is 3. The van der Waals surface area contributed by atoms with Gasteiger partial charge in [-0.25, -0.2) is 0 Å². The van der Waals surface area contributed by atoms with Gasteiger partial charge in [-0.2, -0.15) is 0 Å². The van der Waals surface area contributed by atoms with Crippen LogP contribution in [-0.4, -0.2) is 31.3 Å². The monoisotopic (exact) mass is 298 g/mol. The molecule has 1 aliphatic carbocycles. The SMILES string of the molecule is O=C(c1ccc2c(c1)CCN2C(=O)C1CC1)C1CCCNC1. The summed E-state index contributed by atoms with van der Waals surface area (Å²) in [5.74, 6) is 0.884. The van der Waals surface area contributed by atoms with E-state index in [4.69, 9.17) is 0 Å². The van der Waals surface area contributed by atoms with Crippen molar-refractivity contribution < 1.29 is 9.59 Å². The minimum atomic E-state index is 0.109. The summed E-state index contributed by atoms with van der Waals surface area (Å²) in [4.78, 5) is 26.8. The number of benzene rings is 1. The Morgan fingerprint density at radius 2 is 2.00 bits per heavy atom. The zero-order chi connectivity index (χ0) is 15.1. The third kappa shape index (κ3) is 2.45. The number of nitrogens with zero attached hydrogens (tertiary/aromatic N) is 1. The second-order valence-corrected chi connectivity index (χ2v) is 6.77. The van der Waals surface area contributed by atoms with Gasteiger partial charge in [-0.15, -0.1) is 0 Å². The fraction of sp³-hybridized carbons (Fsp3) is 0.556. The lowest BCUT2D eigenvalue weighted by molar-refractivity contribution is -0.119. The number of Topliss-reactive ketones (excluding diaryl/α,β-unsaturated/α-hetero) is 1. The molecule has 1 aromatic carbocycles. The first kappa shape index (κ1) is 13.9. The van der Waals surface area contributed by atoms with E-state index in [1.54, 1.807) is 0 Å². The zero-order valence-electron chi connectivity index (χ0n) is 12.8. The molecule has 22 heavy (non-hydrogen) atoms. The molecule has 4 rings (SSSR count). The van der Waals surface area contributed by atoms with E-state index in [1.807, 2.05) is 23.1 Å². The second kappa shape index (κ2) is 5.51. The molecule has 1 aromatic rings. The van der Waals surface area contributed by atoms with Crippen molar-refractivity contribution in [2.75, 3.05) is 24.5 Å². The van der Waals surface area contributed by atoms with E-state index in [0.29, 0.717) is 0 Å². The third-order valence-electron chi connectivity index (χ3n) is 5.12. The zero-order valence-corrected chi connectivity index (χ0v) is 12.8. The van der Waals surface area contributed by atoms with E-state index in [9.17, 15) is 9.59 Å². The molecule has 1 unspecified atom stereocenters. The predicted octanol–water partition coefficient (Wildman–Crippen LogP) is 2.17. The van der Waals surface area contributed by atoms with E-state index < -0.39 is 0 Å². The standard InChI is InChI=1S/C18H22N2O2/c21-17(15-2-1-8-19-11-15)14-5-6-16-13(10-14)7-9-20(16)18(22)12-3-4-12/h5-6,10,12,15,19H,1-4,7-9,11H2. The molecule has 1 saturated heterocycles. The first-order valence-corrected chi connectivity index (χ1v) is 8.43. The second-order valence-electron chi connectivity index (χ2n) is 6.77. The predicted molar refractivity (Wildman–Crippen MR) is 85.1 cm³/mol. The van der Waals surface area contributed by atoms with Crippen LogP contribution in [0.4, 0.5) is 5.69 Å². The Morgan fingerprint density at radius 3 is 2.73 bits per heavy atom. The van der Waals surface area contributed by atoms with Gasteiger partial charge in [-0.1, -0.05) is 0 Å². The van der Waals surface area contributed by atoms with Gasteiger partial charge in [-0.3, -0.25) is 9.59 Å². The Hall–Kier alpha value is -1.68. The number of fused-ring (bicyclic) bond motifs is 1. The molecule has 3 aliphatic rings. The van der Waals surface area contributed by atoms with Crippen molar-refractivity contribution in [3.63, 3.8) is 0 Å². The van der Waals surface area contributed by atoms with Gasteiger partial charge in [0, 0.05) is 36.2 Å². The Kier molecular flexibility index (Phi) is 3.49. The van der Waals surface area contributed by atoms with Gasteiger partial charge in [0.1, 0.15) is 0 Å². The fourth-order valence-corrected chi connectivity index (χ4v) is 3.65. The van der Waals surface area contributed by atoms with Crippen molar-refractivity contribution >= 4 is 17.4 Å². The summed E-state index contributed by atoms with van der Waals surface area (Å²) < 4.78 is 0. The highest BCUT2D eigenvalue weighted by Crippen LogP contribution is 2.37. The van der Waals surface area contributed by atoms with E-state index in [-0.39, 0.29) is 23.5 Å². The van der Waals surface area contributed by atoms with Crippen LogP contribution in [-0.2, 0) is 11.2 Å². The number of hydrogen-bond donors (Lipinski definition) is 1.